The minimum Gasteiger partial charge on any atom is -0.389 e. The van der Waals surface area contributed by atoms with E-state index in [2.05, 4.69) is 5.32 Å². The molecule has 0 fully saturated rings. The molecule has 0 saturated heterocycles. The van der Waals surface area contributed by atoms with E-state index < -0.39 is 0 Å². The predicted octanol–water partition coefficient (Wildman–Crippen LogP) is 0.811. The smallest absolute Gasteiger partial charge is 0.239 e. The van der Waals surface area contributed by atoms with Gasteiger partial charge in [0.05, 0.1) is 6.54 Å². The summed E-state index contributed by atoms with van der Waals surface area (Å²) in [6.07, 6.45) is 0. The third-order valence-corrected chi connectivity index (χ3v) is 2.71. The Balaban J connectivity index is 3.04. The molecule has 0 spiro atoms. The molecule has 0 saturated carbocycles. The van der Waals surface area contributed by atoms with Gasteiger partial charge in [0.1, 0.15) is 4.99 Å². The van der Waals surface area contributed by atoms with Gasteiger partial charge in [-0.1, -0.05) is 23.8 Å². The van der Waals surface area contributed by atoms with Crippen LogP contribution in [0.2, 0.25) is 0 Å². The summed E-state index contributed by atoms with van der Waals surface area (Å²) < 4.78 is 0. The molecule has 4 nitrogen and oxygen atoms in total. The van der Waals surface area contributed by atoms with Crippen molar-refractivity contribution in [1.82, 2.24) is 5.32 Å². The summed E-state index contributed by atoms with van der Waals surface area (Å²) in [5.41, 5.74) is 8.44. The number of nitrogens with one attached hydrogen (secondary N) is 1. The lowest BCUT2D eigenvalue weighted by molar-refractivity contribution is -0.119. The summed E-state index contributed by atoms with van der Waals surface area (Å²) in [5, 5.41) is 2.58. The van der Waals surface area contributed by atoms with E-state index in [9.17, 15) is 4.79 Å². The number of thiocarbonyl (C=S) groups is 1. The maximum Gasteiger partial charge on any atom is 0.239 e. The van der Waals surface area contributed by atoms with Gasteiger partial charge in [0, 0.05) is 25.3 Å². The standard InChI is InChI=1S/C12H17N3OS/c1-8-4-5-10(9(6-8)12(13)17)15(3)7-11(16)14-2/h4-6H,7H2,1-3H3,(H2,13,17)(H,14,16). The SMILES string of the molecule is CNC(=O)CN(C)c1ccc(C)cc1C(N)=S. The number of anilines is 1. The van der Waals surface area contributed by atoms with E-state index in [0.29, 0.717) is 4.99 Å². The molecule has 1 aromatic carbocycles. The Bertz CT molecular complexity index is 445. The Morgan fingerprint density at radius 2 is 2.18 bits per heavy atom. The molecule has 0 radical (unpaired) electrons. The summed E-state index contributed by atoms with van der Waals surface area (Å²) in [5.74, 6) is -0.0537. The molecule has 5 heteroatoms. The van der Waals surface area contributed by atoms with Crippen molar-refractivity contribution in [2.75, 3.05) is 25.5 Å². The molecule has 92 valence electrons. The molecule has 0 aliphatic rings. The Hall–Kier alpha value is -1.62. The van der Waals surface area contributed by atoms with Crippen LogP contribution in [0.3, 0.4) is 0 Å². The topological polar surface area (TPSA) is 58.4 Å². The Morgan fingerprint density at radius 1 is 1.53 bits per heavy atom. The maximum atomic E-state index is 11.3. The lowest BCUT2D eigenvalue weighted by Gasteiger charge is -2.21. The van der Waals surface area contributed by atoms with Gasteiger partial charge < -0.3 is 16.0 Å². The molecular formula is C12H17N3OS. The molecule has 17 heavy (non-hydrogen) atoms. The molecule has 3 N–H and O–H groups in total. The van der Waals surface area contributed by atoms with E-state index >= 15 is 0 Å². The highest BCUT2D eigenvalue weighted by Crippen LogP contribution is 2.20. The van der Waals surface area contributed by atoms with Crippen molar-refractivity contribution >= 4 is 28.8 Å². The van der Waals surface area contributed by atoms with Gasteiger partial charge in [-0.05, 0) is 19.1 Å². The number of aryl methyl sites for hydroxylation is 1. The molecule has 0 aromatic heterocycles. The van der Waals surface area contributed by atoms with Crippen LogP contribution in [0.25, 0.3) is 0 Å². The normalized spacial score (nSPS) is 9.82. The zero-order valence-corrected chi connectivity index (χ0v) is 11.1. The van der Waals surface area contributed by atoms with Gasteiger partial charge in [-0.25, -0.2) is 0 Å². The number of benzene rings is 1. The number of likely N-dealkylation sites (N-methyl/N-ethyl adjacent to an activating group) is 2. The van der Waals surface area contributed by atoms with E-state index in [0.717, 1.165) is 16.8 Å². The van der Waals surface area contributed by atoms with Crippen molar-refractivity contribution in [1.29, 1.82) is 0 Å². The van der Waals surface area contributed by atoms with Crippen molar-refractivity contribution in [3.05, 3.63) is 29.3 Å². The third-order valence-electron chi connectivity index (χ3n) is 2.49. The number of hydrogen-bond acceptors (Lipinski definition) is 3. The molecular weight excluding hydrogens is 234 g/mol. The molecule has 1 amide bonds. The van der Waals surface area contributed by atoms with E-state index in [4.69, 9.17) is 18.0 Å². The van der Waals surface area contributed by atoms with Crippen molar-refractivity contribution in [2.45, 2.75) is 6.92 Å². The Kier molecular flexibility index (Phi) is 4.45. The van der Waals surface area contributed by atoms with E-state index in [1.165, 1.54) is 0 Å². The van der Waals surface area contributed by atoms with Crippen LogP contribution in [0, 0.1) is 6.92 Å². The lowest BCUT2D eigenvalue weighted by atomic mass is 10.1. The first-order chi connectivity index (χ1) is 7.95. The fraction of sp³-hybridized carbons (Fsp3) is 0.333. The van der Waals surface area contributed by atoms with Gasteiger partial charge in [0.2, 0.25) is 5.91 Å². The first-order valence-corrected chi connectivity index (χ1v) is 5.68. The molecule has 0 aliphatic carbocycles. The second kappa shape index (κ2) is 5.63. The van der Waals surface area contributed by atoms with Gasteiger partial charge in [0.15, 0.2) is 0 Å². The largest absolute Gasteiger partial charge is 0.389 e. The van der Waals surface area contributed by atoms with E-state index in [-0.39, 0.29) is 12.5 Å². The highest BCUT2D eigenvalue weighted by atomic mass is 32.1. The van der Waals surface area contributed by atoms with Crippen LogP contribution in [0.15, 0.2) is 18.2 Å². The van der Waals surface area contributed by atoms with E-state index in [1.807, 2.05) is 37.1 Å². The first-order valence-electron chi connectivity index (χ1n) is 5.28. The van der Waals surface area contributed by atoms with Crippen molar-refractivity contribution in [2.24, 2.45) is 5.73 Å². The number of amides is 1. The summed E-state index contributed by atoms with van der Waals surface area (Å²) in [6, 6.07) is 5.82. The molecule has 1 aromatic rings. The van der Waals surface area contributed by atoms with Crippen LogP contribution >= 0.6 is 12.2 Å². The number of nitrogens with zero attached hydrogens (tertiary/aromatic N) is 1. The maximum absolute atomic E-state index is 11.3. The van der Waals surface area contributed by atoms with Crippen molar-refractivity contribution in [3.8, 4) is 0 Å². The Morgan fingerprint density at radius 3 is 2.71 bits per heavy atom. The zero-order chi connectivity index (χ0) is 13.0. The zero-order valence-electron chi connectivity index (χ0n) is 10.3. The Labute approximate surface area is 107 Å². The summed E-state index contributed by atoms with van der Waals surface area (Å²) in [6.45, 7) is 2.25. The number of hydrogen-bond donors (Lipinski definition) is 2. The van der Waals surface area contributed by atoms with Crippen LogP contribution < -0.4 is 16.0 Å². The fourth-order valence-corrected chi connectivity index (χ4v) is 1.72. The molecule has 0 unspecified atom stereocenters. The van der Waals surface area contributed by atoms with Gasteiger partial charge in [-0.3, -0.25) is 4.79 Å². The molecule has 0 bridgehead atoms. The third kappa shape index (κ3) is 3.42. The van der Waals surface area contributed by atoms with E-state index in [1.54, 1.807) is 7.05 Å². The number of rotatable bonds is 4. The van der Waals surface area contributed by atoms with Crippen molar-refractivity contribution in [3.63, 3.8) is 0 Å². The molecule has 1 rings (SSSR count). The van der Waals surface area contributed by atoms with Crippen LogP contribution in [0.5, 0.6) is 0 Å². The average Bonchev–Trinajstić information content (AvgIpc) is 2.28. The van der Waals surface area contributed by atoms with Crippen LogP contribution in [0.1, 0.15) is 11.1 Å². The number of nitrogens with two attached hydrogens (primary N) is 1. The fourth-order valence-electron chi connectivity index (χ4n) is 1.56. The monoisotopic (exact) mass is 251 g/mol. The quantitative estimate of drug-likeness (QED) is 0.778. The van der Waals surface area contributed by atoms with Gasteiger partial charge in [-0.15, -0.1) is 0 Å². The summed E-state index contributed by atoms with van der Waals surface area (Å²) >= 11 is 5.02. The highest BCUT2D eigenvalue weighted by Gasteiger charge is 2.12. The summed E-state index contributed by atoms with van der Waals surface area (Å²) in [7, 11) is 3.45. The number of carbonyl (C=O) groups excluding carboxylic acids is 1. The lowest BCUT2D eigenvalue weighted by Crippen LogP contribution is -2.34. The first kappa shape index (κ1) is 13.4. The van der Waals surface area contributed by atoms with Crippen molar-refractivity contribution < 1.29 is 4.79 Å². The van der Waals surface area contributed by atoms with Crippen LogP contribution in [0.4, 0.5) is 5.69 Å². The minimum absolute atomic E-state index is 0.0537. The molecule has 0 aliphatic heterocycles. The van der Waals surface area contributed by atoms with Crippen LogP contribution in [-0.2, 0) is 4.79 Å². The predicted molar refractivity (Wildman–Crippen MR) is 74.4 cm³/mol. The second-order valence-electron chi connectivity index (χ2n) is 3.91. The minimum atomic E-state index is -0.0537. The average molecular weight is 251 g/mol. The number of carbonyl (C=O) groups is 1. The second-order valence-corrected chi connectivity index (χ2v) is 4.35. The molecule has 0 heterocycles. The van der Waals surface area contributed by atoms with Crippen LogP contribution in [-0.4, -0.2) is 31.5 Å². The highest BCUT2D eigenvalue weighted by molar-refractivity contribution is 7.80. The summed E-state index contributed by atoms with van der Waals surface area (Å²) in [4.78, 5) is 13.5. The van der Waals surface area contributed by atoms with Gasteiger partial charge >= 0.3 is 0 Å². The van der Waals surface area contributed by atoms with Gasteiger partial charge in [0.25, 0.3) is 0 Å². The molecule has 0 atom stereocenters. The van der Waals surface area contributed by atoms with Gasteiger partial charge in [-0.2, -0.15) is 0 Å².